The summed E-state index contributed by atoms with van der Waals surface area (Å²) in [6, 6.07) is 13.8. The van der Waals surface area contributed by atoms with E-state index < -0.39 is 5.54 Å². The van der Waals surface area contributed by atoms with Gasteiger partial charge in [-0.2, -0.15) is 0 Å². The molecule has 132 valence electrons. The number of carbonyl (C=O) groups is 1. The predicted octanol–water partition coefficient (Wildman–Crippen LogP) is 7.17. The van der Waals surface area contributed by atoms with Gasteiger partial charge in [-0.15, -0.1) is 0 Å². The molecule has 2 heterocycles. The first-order valence-electron chi connectivity index (χ1n) is 8.15. The lowest BCUT2D eigenvalue weighted by molar-refractivity contribution is 0.0961. The topological polar surface area (TPSA) is 20.3 Å². The third kappa shape index (κ3) is 2.71. The van der Waals surface area contributed by atoms with Crippen LogP contribution in [-0.2, 0) is 5.54 Å². The molecule has 0 N–H and O–H groups in total. The number of carbonyl (C=O) groups excluding carboxylic acids is 1. The fraction of sp³-hybridized carbons (Fsp3) is 0.200. The van der Waals surface area contributed by atoms with E-state index in [1.165, 1.54) is 0 Å². The third-order valence-corrected chi connectivity index (χ3v) is 8.56. The van der Waals surface area contributed by atoms with Gasteiger partial charge in [0.1, 0.15) is 3.82 Å². The van der Waals surface area contributed by atoms with E-state index in [0.29, 0.717) is 5.56 Å². The zero-order valence-corrected chi connectivity index (χ0v) is 18.5. The largest absolute Gasteiger partial charge is 0.297 e. The number of nitrogens with zero attached hydrogens (tertiary/aromatic N) is 1. The van der Waals surface area contributed by atoms with E-state index in [9.17, 15) is 4.79 Å². The Balaban J connectivity index is 1.97. The summed E-state index contributed by atoms with van der Waals surface area (Å²) >= 11 is 9.06. The zero-order chi connectivity index (χ0) is 18.6. The van der Waals surface area contributed by atoms with Crippen LogP contribution in [0.1, 0.15) is 34.6 Å². The Bertz CT molecular complexity index is 1080. The van der Waals surface area contributed by atoms with Gasteiger partial charge in [-0.3, -0.25) is 9.69 Å². The molecule has 1 aliphatic rings. The minimum atomic E-state index is -0.460. The molecule has 0 unspecified atom stereocenters. The van der Waals surface area contributed by atoms with Gasteiger partial charge in [0.2, 0.25) is 0 Å². The number of aryl methyl sites for hydroxylation is 1. The first-order valence-corrected chi connectivity index (χ1v) is 11.5. The van der Waals surface area contributed by atoms with Gasteiger partial charge in [-0.05, 0) is 56.7 Å². The van der Waals surface area contributed by atoms with Crippen LogP contribution in [0.2, 0.25) is 0 Å². The highest BCUT2D eigenvalue weighted by atomic mass is 79.9. The number of amides is 1. The Hall–Kier alpha value is -1.34. The summed E-state index contributed by atoms with van der Waals surface area (Å²) in [5, 5.41) is 0. The minimum Gasteiger partial charge on any atom is -0.297 e. The van der Waals surface area contributed by atoms with Crippen LogP contribution in [0.4, 0.5) is 5.69 Å². The van der Waals surface area contributed by atoms with E-state index in [4.69, 9.17) is 12.2 Å². The summed E-state index contributed by atoms with van der Waals surface area (Å²) in [5.41, 5.74) is 4.45. The van der Waals surface area contributed by atoms with Crippen molar-refractivity contribution in [3.8, 4) is 11.1 Å². The lowest BCUT2D eigenvalue weighted by atomic mass is 9.86. The monoisotopic (exact) mass is 461 g/mol. The maximum atomic E-state index is 13.5. The quantitative estimate of drug-likeness (QED) is 0.282. The normalized spacial score (nSPS) is 14.7. The molecule has 0 bridgehead atoms. The molecule has 0 fully saturated rings. The van der Waals surface area contributed by atoms with E-state index in [0.717, 1.165) is 35.6 Å². The van der Waals surface area contributed by atoms with E-state index in [1.807, 2.05) is 29.2 Å². The second kappa shape index (κ2) is 6.37. The van der Waals surface area contributed by atoms with Crippen LogP contribution in [0.25, 0.3) is 11.1 Å². The molecule has 1 amide bonds. The van der Waals surface area contributed by atoms with Crippen molar-refractivity contribution in [1.82, 2.24) is 0 Å². The smallest absolute Gasteiger partial charge is 0.259 e. The van der Waals surface area contributed by atoms with Gasteiger partial charge in [0.05, 0.1) is 16.1 Å². The Morgan fingerprint density at radius 2 is 1.81 bits per heavy atom. The Morgan fingerprint density at radius 1 is 1.12 bits per heavy atom. The summed E-state index contributed by atoms with van der Waals surface area (Å²) in [6.07, 6.45) is 0. The molecular weight excluding hydrogens is 446 g/mol. The van der Waals surface area contributed by atoms with Crippen LogP contribution in [0.15, 0.2) is 46.9 Å². The highest BCUT2D eigenvalue weighted by Crippen LogP contribution is 2.52. The molecule has 0 saturated carbocycles. The summed E-state index contributed by atoms with van der Waals surface area (Å²) in [5.74, 6) is 0.00400. The first kappa shape index (κ1) is 18.0. The molecular formula is C20H16BrNOS3. The summed E-state index contributed by atoms with van der Waals surface area (Å²) < 4.78 is 1.86. The van der Waals surface area contributed by atoms with E-state index in [1.54, 1.807) is 20.7 Å². The van der Waals surface area contributed by atoms with Crippen molar-refractivity contribution < 1.29 is 4.79 Å². The maximum Gasteiger partial charge on any atom is 0.259 e. The number of halogens is 1. The average molecular weight is 462 g/mol. The lowest BCUT2D eigenvalue weighted by Gasteiger charge is -2.43. The molecule has 0 atom stereocenters. The van der Waals surface area contributed by atoms with Crippen LogP contribution in [0.3, 0.4) is 0 Å². The van der Waals surface area contributed by atoms with Crippen molar-refractivity contribution in [3.63, 3.8) is 0 Å². The maximum absolute atomic E-state index is 13.5. The molecule has 4 rings (SSSR count). The van der Waals surface area contributed by atoms with Gasteiger partial charge in [-0.25, -0.2) is 0 Å². The summed E-state index contributed by atoms with van der Waals surface area (Å²) in [7, 11) is 3.30. The van der Waals surface area contributed by atoms with Crippen molar-refractivity contribution in [3.05, 3.63) is 66.8 Å². The van der Waals surface area contributed by atoms with Crippen molar-refractivity contribution in [2.45, 2.75) is 26.3 Å². The number of benzene rings is 2. The van der Waals surface area contributed by atoms with Gasteiger partial charge in [0.25, 0.3) is 5.91 Å². The van der Waals surface area contributed by atoms with Crippen LogP contribution in [0, 0.1) is 10.7 Å². The molecule has 6 heteroatoms. The Labute approximate surface area is 173 Å². The molecule has 2 aromatic carbocycles. The van der Waals surface area contributed by atoms with Crippen molar-refractivity contribution in [2.24, 2.45) is 0 Å². The number of hydrogen-bond acceptors (Lipinski definition) is 4. The molecule has 0 radical (unpaired) electrons. The summed E-state index contributed by atoms with van der Waals surface area (Å²) in [4.78, 5) is 16.6. The van der Waals surface area contributed by atoms with E-state index >= 15 is 0 Å². The lowest BCUT2D eigenvalue weighted by Crippen LogP contribution is -2.47. The molecule has 26 heavy (non-hydrogen) atoms. The average Bonchev–Trinajstić information content (AvgIpc) is 2.98. The summed E-state index contributed by atoms with van der Waals surface area (Å²) in [6.45, 7) is 6.26. The molecule has 1 aromatic heterocycles. The van der Waals surface area contributed by atoms with Crippen molar-refractivity contribution in [1.29, 1.82) is 0 Å². The first-order chi connectivity index (χ1) is 12.3. The second-order valence-electron chi connectivity index (χ2n) is 6.89. The van der Waals surface area contributed by atoms with Gasteiger partial charge < -0.3 is 0 Å². The SMILES string of the molecule is Cc1ccc2c(c1)N(C(=O)c1ccc(Br)cc1)C(C)(C)c1ssc(=S)c1-2. The highest BCUT2D eigenvalue weighted by molar-refractivity contribution is 9.10. The number of fused-ring (bicyclic) bond motifs is 3. The minimum absolute atomic E-state index is 0.00400. The van der Waals surface area contributed by atoms with Gasteiger partial charge in [0.15, 0.2) is 0 Å². The van der Waals surface area contributed by atoms with E-state index in [2.05, 4.69) is 54.9 Å². The fourth-order valence-electron chi connectivity index (χ4n) is 3.42. The fourth-order valence-corrected chi connectivity index (χ4v) is 6.97. The van der Waals surface area contributed by atoms with Crippen LogP contribution >= 0.6 is 48.8 Å². The molecule has 0 saturated heterocycles. The third-order valence-electron chi connectivity index (χ3n) is 4.70. The number of rotatable bonds is 1. The Kier molecular flexibility index (Phi) is 4.42. The van der Waals surface area contributed by atoms with Crippen LogP contribution in [-0.4, -0.2) is 5.91 Å². The molecule has 0 spiro atoms. The standard InChI is InChI=1S/C20H16BrNOS3/c1-11-4-9-14-15(10-11)22(18(23)12-5-7-13(21)8-6-12)20(2,3)17-16(14)19(24)26-25-17/h4-10H,1-3H3. The van der Waals surface area contributed by atoms with Gasteiger partial charge >= 0.3 is 0 Å². The molecule has 2 nitrogen and oxygen atoms in total. The molecule has 0 aliphatic carbocycles. The Morgan fingerprint density at radius 3 is 2.50 bits per heavy atom. The van der Waals surface area contributed by atoms with Crippen molar-refractivity contribution >= 4 is 60.4 Å². The van der Waals surface area contributed by atoms with Crippen LogP contribution in [0.5, 0.6) is 0 Å². The number of anilines is 1. The van der Waals surface area contributed by atoms with Crippen LogP contribution < -0.4 is 4.90 Å². The zero-order valence-electron chi connectivity index (χ0n) is 14.5. The predicted molar refractivity (Wildman–Crippen MR) is 117 cm³/mol. The highest BCUT2D eigenvalue weighted by Gasteiger charge is 2.43. The van der Waals surface area contributed by atoms with Gasteiger partial charge in [-0.1, -0.05) is 61.0 Å². The second-order valence-corrected chi connectivity index (χ2v) is 10.6. The van der Waals surface area contributed by atoms with Gasteiger partial charge in [0, 0.05) is 21.2 Å². The molecule has 3 aromatic rings. The number of hydrogen-bond donors (Lipinski definition) is 0. The van der Waals surface area contributed by atoms with Crippen molar-refractivity contribution in [2.75, 3.05) is 4.90 Å². The van der Waals surface area contributed by atoms with E-state index in [-0.39, 0.29) is 5.91 Å². The molecule has 1 aliphatic heterocycles.